The average Bonchev–Trinajstić information content (AvgIpc) is 1.57. The maximum atomic E-state index is 9.17. The summed E-state index contributed by atoms with van der Waals surface area (Å²) in [5.41, 5.74) is 21.0. The molecule has 0 N–H and O–H groups in total. The molecule has 0 saturated carbocycles. The van der Waals surface area contributed by atoms with Gasteiger partial charge in [-0.3, -0.25) is 0 Å². The van der Waals surface area contributed by atoms with Crippen molar-refractivity contribution in [1.82, 2.24) is 0 Å². The standard InChI is InChI=1S/C30H19ClO.C24H15ClO.2C19H10ClNO.C18H11ClS/c31-25-12-5-10-23(19-25)21-8-3-7-20(17-21)22-9-4-11-24(18-22)26-14-6-15-28-27-13-1-2-16-29(27)32-30(26)28;25-19-14-17(16-7-2-1-3-8-16)13-18(15-19)20-10-6-11-22-21-9-4-5-12-23(21)26-24(20)22;2*20-14-9-12(11-21)8-13(10-14)15-5-3-6-17-16-4-1-2-7-18(16)22-19(15)17;19-14-5-3-4-12(10-14)13-8-9-16-15-6-1-2-7-17(15)20-18(16)11-13/h1-19H;1-15H;2*1-10H;1-11H/i;1D,2D,3D,7D,8D;1D,2D,4D,7D;;. The van der Waals surface area contributed by atoms with E-state index in [0.29, 0.717) is 64.8 Å². The predicted octanol–water partition coefficient (Wildman–Crippen LogP) is 34.7. The lowest BCUT2D eigenvalue weighted by molar-refractivity contribution is 0.669. The second-order valence-electron chi connectivity index (χ2n) is 28.7. The third kappa shape index (κ3) is 16.0. The first kappa shape index (κ1) is 67.7. The normalized spacial score (nSPS) is 12.2. The molecular weight excluding hydrogens is 1620 g/mol. The Bertz CT molecular complexity index is 8620. The van der Waals surface area contributed by atoms with Gasteiger partial charge in [0.25, 0.3) is 0 Å². The minimum absolute atomic E-state index is 0.112. The van der Waals surface area contributed by atoms with Crippen molar-refractivity contribution in [2.45, 2.75) is 0 Å². The lowest BCUT2D eigenvalue weighted by Crippen LogP contribution is -1.84. The first-order valence-electron chi connectivity index (χ1n) is 43.2. The number of nitrogens with zero attached hydrogens (tertiary/aromatic N) is 2. The molecule has 0 aliphatic rings. The van der Waals surface area contributed by atoms with Gasteiger partial charge in [0.2, 0.25) is 0 Å². The Morgan fingerprint density at radius 1 is 0.221 bits per heavy atom. The summed E-state index contributed by atoms with van der Waals surface area (Å²) in [4.78, 5) is 0. The van der Waals surface area contributed by atoms with Gasteiger partial charge in [-0.05, 0) is 194 Å². The molecule has 0 unspecified atom stereocenters. The summed E-state index contributed by atoms with van der Waals surface area (Å²) >= 11 is 32.8. The van der Waals surface area contributed by atoms with E-state index in [2.05, 4.69) is 146 Å². The van der Waals surface area contributed by atoms with Crippen molar-refractivity contribution in [1.29, 1.82) is 10.5 Å². The minimum Gasteiger partial charge on any atom is -0.455 e. The number of rotatable bonds is 8. The number of hydrogen-bond acceptors (Lipinski definition) is 7. The maximum Gasteiger partial charge on any atom is 0.143 e. The van der Waals surface area contributed by atoms with Gasteiger partial charge < -0.3 is 17.7 Å². The van der Waals surface area contributed by atoms with E-state index in [0.717, 1.165) is 120 Å². The number of thiophene rings is 1. The fraction of sp³-hybridized carbons (Fsp3) is 0. The summed E-state index contributed by atoms with van der Waals surface area (Å²) < 4.78 is 99.3. The third-order valence-electron chi connectivity index (χ3n) is 21.1. The molecule has 5 heterocycles. The zero-order valence-electron chi connectivity index (χ0n) is 73.2. The molecule has 0 aliphatic heterocycles. The molecule has 6 nitrogen and oxygen atoms in total. The fourth-order valence-electron chi connectivity index (χ4n) is 15.6. The van der Waals surface area contributed by atoms with Gasteiger partial charge in [-0.15, -0.1) is 11.3 Å². The number of hydrogen-bond donors (Lipinski definition) is 0. The molecule has 23 aromatic rings. The van der Waals surface area contributed by atoms with E-state index in [-0.39, 0.29) is 59.5 Å². The second-order valence-corrected chi connectivity index (χ2v) is 32.0. The summed E-state index contributed by atoms with van der Waals surface area (Å²) in [6.07, 6.45) is 0. The molecule has 12 heteroatoms. The number of halogens is 5. The van der Waals surface area contributed by atoms with Crippen molar-refractivity contribution in [3.8, 4) is 101 Å². The largest absolute Gasteiger partial charge is 0.455 e. The van der Waals surface area contributed by atoms with Crippen LogP contribution in [0.4, 0.5) is 0 Å². The second kappa shape index (κ2) is 34.3. The molecule has 580 valence electrons. The molecule has 122 heavy (non-hydrogen) atoms. The van der Waals surface area contributed by atoms with Crippen LogP contribution in [0, 0.1) is 22.7 Å². The molecule has 0 radical (unpaired) electrons. The highest BCUT2D eigenvalue weighted by atomic mass is 35.5. The van der Waals surface area contributed by atoms with E-state index in [4.69, 9.17) is 93.3 Å². The van der Waals surface area contributed by atoms with E-state index < -0.39 is 6.04 Å². The summed E-state index contributed by atoms with van der Waals surface area (Å²) in [7, 11) is 0. The Hall–Kier alpha value is -14.2. The zero-order valence-corrected chi connectivity index (χ0v) is 68.8. The van der Waals surface area contributed by atoms with Gasteiger partial charge in [0.1, 0.15) is 44.7 Å². The predicted molar refractivity (Wildman–Crippen MR) is 512 cm³/mol. The summed E-state index contributed by atoms with van der Waals surface area (Å²) in [6, 6.07) is 113. The first-order valence-corrected chi connectivity index (χ1v) is 41.4. The Kier molecular flexibility index (Phi) is 19.0. The summed E-state index contributed by atoms with van der Waals surface area (Å²) in [5, 5.41) is 31.2. The number of furan rings is 4. The number of benzene rings is 18. The van der Waals surface area contributed by atoms with E-state index in [1.54, 1.807) is 60.7 Å². The van der Waals surface area contributed by atoms with Crippen molar-refractivity contribution in [3.05, 3.63) is 430 Å². The lowest BCUT2D eigenvalue weighted by Gasteiger charge is -2.09. The van der Waals surface area contributed by atoms with E-state index in [9.17, 15) is 5.26 Å². The molecule has 0 aliphatic carbocycles. The first-order chi connectivity index (χ1) is 63.6. The van der Waals surface area contributed by atoms with Crippen LogP contribution in [0.2, 0.25) is 25.1 Å². The van der Waals surface area contributed by atoms with Crippen LogP contribution in [0.15, 0.2) is 412 Å². The van der Waals surface area contributed by atoms with Gasteiger partial charge in [0.05, 0.1) is 35.6 Å². The van der Waals surface area contributed by atoms with Crippen molar-refractivity contribution in [3.63, 3.8) is 0 Å². The number of para-hydroxylation sites is 8. The van der Waals surface area contributed by atoms with E-state index in [1.165, 1.54) is 36.9 Å². The fourth-order valence-corrected chi connectivity index (χ4v) is 17.8. The van der Waals surface area contributed by atoms with Crippen LogP contribution >= 0.6 is 69.3 Å². The van der Waals surface area contributed by atoms with Crippen LogP contribution in [-0.2, 0) is 0 Å². The van der Waals surface area contributed by atoms with Crippen molar-refractivity contribution in [2.24, 2.45) is 0 Å². The van der Waals surface area contributed by atoms with Crippen LogP contribution < -0.4 is 0 Å². The zero-order chi connectivity index (χ0) is 90.6. The highest BCUT2D eigenvalue weighted by molar-refractivity contribution is 7.25. The number of fused-ring (bicyclic) bond motifs is 15. The van der Waals surface area contributed by atoms with Gasteiger partial charge in [0.15, 0.2) is 0 Å². The quantitative estimate of drug-likeness (QED) is 0.150. The smallest absolute Gasteiger partial charge is 0.143 e. The van der Waals surface area contributed by atoms with Crippen LogP contribution in [0.1, 0.15) is 23.5 Å². The monoisotopic (exact) mass is 1690 g/mol. The minimum atomic E-state index is -0.423. The Labute approximate surface area is 743 Å². The summed E-state index contributed by atoms with van der Waals surface area (Å²) in [6.45, 7) is 0. The maximum absolute atomic E-state index is 9.17. The van der Waals surface area contributed by atoms with Gasteiger partial charge in [-0.2, -0.15) is 10.5 Å². The topological polar surface area (TPSA) is 100 Å². The molecule has 0 spiro atoms. The van der Waals surface area contributed by atoms with Crippen LogP contribution in [0.5, 0.6) is 0 Å². The molecule has 5 aromatic heterocycles. The molecule has 0 saturated heterocycles. The van der Waals surface area contributed by atoms with E-state index in [1.807, 2.05) is 157 Å². The van der Waals surface area contributed by atoms with Crippen molar-refractivity contribution >= 4 is 177 Å². The molecule has 0 amide bonds. The molecule has 0 atom stereocenters. The molecule has 0 bridgehead atoms. The van der Waals surface area contributed by atoms with Gasteiger partial charge in [-0.1, -0.05) is 325 Å². The average molecular weight is 1700 g/mol. The highest BCUT2D eigenvalue weighted by Crippen LogP contribution is 2.44. The SMILES string of the molecule is Clc1cccc(-c2ccc3c(c2)sc2ccccc23)c1.Clc1cccc(-c2cccc(-c3cccc(-c4cccc5c4oc4ccccc45)c3)c2)c1.N#Cc1cc(Cl)cc(-c2cccc3c2oc2ccccc23)c1.[2H]c1c([2H])c([2H])c(-c2cc(Cl)cc(-c3cccc4c3oc3ccccc34)c2)c([2H])c1[2H].[2H]c1c([2H])c([2H])c2c(oc3c(-c4cc(Cl)cc(C#N)c4)cccc32)c1[2H]. The Morgan fingerprint density at radius 3 is 1.05 bits per heavy atom. The van der Waals surface area contributed by atoms with Gasteiger partial charge in [0, 0.05) is 111 Å². The molecule has 0 fully saturated rings. The van der Waals surface area contributed by atoms with Crippen LogP contribution in [0.25, 0.3) is 197 Å². The molecule has 23 rings (SSSR count). The molecular formula is C110H65Cl5N2O4S. The Balaban J connectivity index is 0.000000107. The van der Waals surface area contributed by atoms with Gasteiger partial charge >= 0.3 is 0 Å². The van der Waals surface area contributed by atoms with E-state index >= 15 is 0 Å². The number of nitriles is 2. The van der Waals surface area contributed by atoms with Crippen LogP contribution in [-0.4, -0.2) is 0 Å². The Morgan fingerprint density at radius 2 is 0.557 bits per heavy atom. The lowest BCUT2D eigenvalue weighted by atomic mass is 9.95. The van der Waals surface area contributed by atoms with Crippen molar-refractivity contribution in [2.75, 3.05) is 0 Å². The highest BCUT2D eigenvalue weighted by Gasteiger charge is 2.19. The van der Waals surface area contributed by atoms with Crippen LogP contribution in [0.3, 0.4) is 0 Å². The van der Waals surface area contributed by atoms with Crippen molar-refractivity contribution < 1.29 is 30.0 Å². The third-order valence-corrected chi connectivity index (χ3v) is 23.4. The molecule has 18 aromatic carbocycles. The summed E-state index contributed by atoms with van der Waals surface area (Å²) in [5.74, 6) is 0. The van der Waals surface area contributed by atoms with Gasteiger partial charge in [-0.25, -0.2) is 0 Å².